The van der Waals surface area contributed by atoms with Gasteiger partial charge in [0.2, 0.25) is 0 Å². The molecule has 1 aliphatic rings. The Labute approximate surface area is 172 Å². The Hall–Kier alpha value is -2.93. The number of benzene rings is 2. The number of thiazole rings is 1. The smallest absolute Gasteiger partial charge is 0.310 e. The third-order valence-corrected chi connectivity index (χ3v) is 6.27. The van der Waals surface area contributed by atoms with Gasteiger partial charge in [-0.3, -0.25) is 9.59 Å². The summed E-state index contributed by atoms with van der Waals surface area (Å²) in [5, 5.41) is 10.3. The maximum Gasteiger partial charge on any atom is 0.310 e. The molecule has 0 aliphatic carbocycles. The number of hydrogen-bond acceptors (Lipinski definition) is 6. The number of carbonyl (C=O) groups excluding carboxylic acids is 2. The van der Waals surface area contributed by atoms with Crippen molar-refractivity contribution in [2.75, 3.05) is 19.7 Å². The molecule has 4 rings (SSSR count). The zero-order valence-corrected chi connectivity index (χ0v) is 16.7. The molecule has 1 aliphatic heterocycles. The first kappa shape index (κ1) is 19.4. The summed E-state index contributed by atoms with van der Waals surface area (Å²) in [6.07, 6.45) is 1.99. The number of phenolic OH excluding ortho intramolecular Hbond substituents is 1. The number of carbonyl (C=O) groups is 2. The maximum absolute atomic E-state index is 12.5. The number of amides is 1. The molecule has 6 nitrogen and oxygen atoms in total. The van der Waals surface area contributed by atoms with Crippen molar-refractivity contribution in [2.45, 2.75) is 25.2 Å². The number of likely N-dealkylation sites (tertiary alicyclic amines) is 1. The van der Waals surface area contributed by atoms with Crippen molar-refractivity contribution in [3.05, 3.63) is 59.1 Å². The Morgan fingerprint density at radius 1 is 1.17 bits per heavy atom. The van der Waals surface area contributed by atoms with Crippen LogP contribution in [0.15, 0.2) is 48.5 Å². The van der Waals surface area contributed by atoms with E-state index in [2.05, 4.69) is 6.07 Å². The van der Waals surface area contributed by atoms with Crippen molar-refractivity contribution in [1.29, 1.82) is 0 Å². The normalized spacial score (nSPS) is 16.7. The van der Waals surface area contributed by atoms with Crippen LogP contribution in [0.3, 0.4) is 0 Å². The first-order valence-electron chi connectivity index (χ1n) is 9.65. The summed E-state index contributed by atoms with van der Waals surface area (Å²) in [5.41, 5.74) is 1.73. The predicted octanol–water partition coefficient (Wildman–Crippen LogP) is 3.49. The molecule has 1 fully saturated rings. The van der Waals surface area contributed by atoms with Crippen LogP contribution in [0.1, 0.15) is 29.3 Å². The molecule has 0 spiro atoms. The number of rotatable bonds is 5. The molecular formula is C22H22N2O4S. The zero-order chi connectivity index (χ0) is 20.2. The lowest BCUT2D eigenvalue weighted by Gasteiger charge is -2.31. The molecule has 150 valence electrons. The van der Waals surface area contributed by atoms with Gasteiger partial charge in [0, 0.05) is 19.0 Å². The lowest BCUT2D eigenvalue weighted by Crippen LogP contribution is -2.41. The van der Waals surface area contributed by atoms with E-state index < -0.39 is 5.97 Å². The highest BCUT2D eigenvalue weighted by molar-refractivity contribution is 7.18. The molecule has 1 aromatic heterocycles. The standard InChI is InChI=1S/C22H22N2O4S/c25-17-9-7-15(8-10-17)12-21(27)28-14-20(26)24-11-3-4-16(13-24)22-23-18-5-1-2-6-19(18)29-22/h1-2,5-10,16,25H,3-4,11-14H2/t16-/m1/s1. The molecule has 1 N–H and O–H groups in total. The van der Waals surface area contributed by atoms with Crippen molar-refractivity contribution in [2.24, 2.45) is 0 Å². The Balaban J connectivity index is 1.31. The molecule has 7 heteroatoms. The van der Waals surface area contributed by atoms with Crippen LogP contribution in [0.4, 0.5) is 0 Å². The minimum absolute atomic E-state index is 0.0713. The number of hydrogen-bond donors (Lipinski definition) is 1. The second-order valence-corrected chi connectivity index (χ2v) is 8.26. The Morgan fingerprint density at radius 2 is 1.97 bits per heavy atom. The first-order chi connectivity index (χ1) is 14.1. The number of nitrogens with zero attached hydrogens (tertiary/aromatic N) is 2. The number of ether oxygens (including phenoxy) is 1. The fraction of sp³-hybridized carbons (Fsp3) is 0.318. The highest BCUT2D eigenvalue weighted by Crippen LogP contribution is 2.32. The van der Waals surface area contributed by atoms with E-state index in [-0.39, 0.29) is 30.6 Å². The zero-order valence-electron chi connectivity index (χ0n) is 15.9. The third-order valence-electron chi connectivity index (χ3n) is 5.08. The number of fused-ring (bicyclic) bond motifs is 1. The van der Waals surface area contributed by atoms with Crippen LogP contribution in [0.2, 0.25) is 0 Å². The molecule has 2 aromatic carbocycles. The van der Waals surface area contributed by atoms with Gasteiger partial charge in [-0.2, -0.15) is 0 Å². The van der Waals surface area contributed by atoms with E-state index in [1.54, 1.807) is 28.4 Å². The summed E-state index contributed by atoms with van der Waals surface area (Å²) in [6, 6.07) is 14.4. The first-order valence-corrected chi connectivity index (χ1v) is 10.5. The van der Waals surface area contributed by atoms with Crippen LogP contribution in [-0.2, 0) is 20.7 Å². The second-order valence-electron chi connectivity index (χ2n) is 7.20. The van der Waals surface area contributed by atoms with Gasteiger partial charge in [0.1, 0.15) is 5.75 Å². The molecule has 0 bridgehead atoms. The predicted molar refractivity (Wildman–Crippen MR) is 111 cm³/mol. The van der Waals surface area contributed by atoms with Gasteiger partial charge in [-0.25, -0.2) is 4.98 Å². The van der Waals surface area contributed by atoms with Crippen LogP contribution in [0, 0.1) is 0 Å². The molecule has 1 saturated heterocycles. The summed E-state index contributed by atoms with van der Waals surface area (Å²) in [6.45, 7) is 1.04. The molecule has 2 heterocycles. The minimum Gasteiger partial charge on any atom is -0.508 e. The molecule has 1 amide bonds. The van der Waals surface area contributed by atoms with Crippen molar-refractivity contribution in [1.82, 2.24) is 9.88 Å². The average molecular weight is 410 g/mol. The summed E-state index contributed by atoms with van der Waals surface area (Å²) in [5.74, 6) is -0.262. The largest absolute Gasteiger partial charge is 0.508 e. The van der Waals surface area contributed by atoms with Crippen molar-refractivity contribution >= 4 is 33.4 Å². The van der Waals surface area contributed by atoms with E-state index >= 15 is 0 Å². The van der Waals surface area contributed by atoms with Gasteiger partial charge >= 0.3 is 5.97 Å². The lowest BCUT2D eigenvalue weighted by molar-refractivity contribution is -0.152. The Kier molecular flexibility index (Phi) is 5.76. The fourth-order valence-corrected chi connectivity index (χ4v) is 4.63. The second kappa shape index (κ2) is 8.61. The topological polar surface area (TPSA) is 79.7 Å². The highest BCUT2D eigenvalue weighted by Gasteiger charge is 2.27. The molecule has 29 heavy (non-hydrogen) atoms. The lowest BCUT2D eigenvalue weighted by atomic mass is 9.99. The highest BCUT2D eigenvalue weighted by atomic mass is 32.1. The molecular weight excluding hydrogens is 388 g/mol. The quantitative estimate of drug-likeness (QED) is 0.652. The van der Waals surface area contributed by atoms with E-state index in [1.807, 2.05) is 18.2 Å². The van der Waals surface area contributed by atoms with Crippen molar-refractivity contribution < 1.29 is 19.4 Å². The average Bonchev–Trinajstić information content (AvgIpc) is 3.18. The van der Waals surface area contributed by atoms with Crippen LogP contribution in [0.5, 0.6) is 5.75 Å². The van der Waals surface area contributed by atoms with Gasteiger partial charge < -0.3 is 14.7 Å². The van der Waals surface area contributed by atoms with Gasteiger partial charge in [0.05, 0.1) is 21.6 Å². The van der Waals surface area contributed by atoms with E-state index in [9.17, 15) is 14.7 Å². The summed E-state index contributed by atoms with van der Waals surface area (Å²) < 4.78 is 6.34. The summed E-state index contributed by atoms with van der Waals surface area (Å²) in [4.78, 5) is 31.1. The number of para-hydroxylation sites is 1. The molecule has 0 radical (unpaired) electrons. The minimum atomic E-state index is -0.455. The summed E-state index contributed by atoms with van der Waals surface area (Å²) >= 11 is 1.69. The summed E-state index contributed by atoms with van der Waals surface area (Å²) in [7, 11) is 0. The maximum atomic E-state index is 12.5. The van der Waals surface area contributed by atoms with E-state index in [1.165, 1.54) is 12.1 Å². The van der Waals surface area contributed by atoms with E-state index in [0.717, 1.165) is 33.6 Å². The van der Waals surface area contributed by atoms with Gasteiger partial charge in [0.15, 0.2) is 6.61 Å². The molecule has 3 aromatic rings. The number of esters is 1. The van der Waals surface area contributed by atoms with Crippen molar-refractivity contribution in [3.63, 3.8) is 0 Å². The van der Waals surface area contributed by atoms with E-state index in [4.69, 9.17) is 9.72 Å². The van der Waals surface area contributed by atoms with Gasteiger partial charge in [-0.1, -0.05) is 24.3 Å². The van der Waals surface area contributed by atoms with Gasteiger partial charge in [-0.15, -0.1) is 11.3 Å². The molecule has 0 saturated carbocycles. The SMILES string of the molecule is O=C(Cc1ccc(O)cc1)OCC(=O)N1CCC[C@@H](c2nc3ccccc3s2)C1. The van der Waals surface area contributed by atoms with E-state index in [0.29, 0.717) is 13.1 Å². The Morgan fingerprint density at radius 3 is 2.76 bits per heavy atom. The van der Waals surface area contributed by atoms with Crippen LogP contribution >= 0.6 is 11.3 Å². The van der Waals surface area contributed by atoms with Gasteiger partial charge in [-0.05, 0) is 42.7 Å². The fourth-order valence-electron chi connectivity index (χ4n) is 3.53. The van der Waals surface area contributed by atoms with Crippen LogP contribution in [0.25, 0.3) is 10.2 Å². The number of piperidine rings is 1. The van der Waals surface area contributed by atoms with Crippen LogP contribution in [-0.4, -0.2) is 46.6 Å². The van der Waals surface area contributed by atoms with Crippen LogP contribution < -0.4 is 0 Å². The van der Waals surface area contributed by atoms with Crippen molar-refractivity contribution in [3.8, 4) is 5.75 Å². The third kappa shape index (κ3) is 4.74. The molecule has 1 atom stereocenters. The van der Waals surface area contributed by atoms with Gasteiger partial charge in [0.25, 0.3) is 5.91 Å². The number of phenols is 1. The Bertz CT molecular complexity index is 982. The number of aromatic hydroxyl groups is 1. The number of aromatic nitrogens is 1. The monoisotopic (exact) mass is 410 g/mol. The molecule has 0 unspecified atom stereocenters.